The summed E-state index contributed by atoms with van der Waals surface area (Å²) in [6.07, 6.45) is -0.680. The second-order valence-corrected chi connectivity index (χ2v) is 5.96. The quantitative estimate of drug-likeness (QED) is 0.736. The van der Waals surface area contributed by atoms with E-state index in [-0.39, 0.29) is 12.4 Å². The Morgan fingerprint density at radius 2 is 1.83 bits per heavy atom. The van der Waals surface area contributed by atoms with Gasteiger partial charge in [0.1, 0.15) is 24.3 Å². The molecule has 2 nitrogen and oxygen atoms in total. The number of aliphatic hydroxyl groups is 1. The molecule has 0 bridgehead atoms. The van der Waals surface area contributed by atoms with E-state index in [2.05, 4.69) is 12.1 Å². The molecule has 3 aromatic carbocycles. The van der Waals surface area contributed by atoms with Crippen molar-refractivity contribution in [3.63, 3.8) is 0 Å². The smallest absolute Gasteiger partial charge is 0.127 e. The van der Waals surface area contributed by atoms with Crippen LogP contribution in [0.15, 0.2) is 54.6 Å². The van der Waals surface area contributed by atoms with Crippen molar-refractivity contribution < 1.29 is 14.2 Å². The maximum atomic E-state index is 13.3. The largest absolute Gasteiger partial charge is 0.490 e. The predicted octanol–water partition coefficient (Wildman–Crippen LogP) is 4.00. The fourth-order valence-corrected chi connectivity index (χ4v) is 3.74. The monoisotopic (exact) mass is 304 g/mol. The lowest BCUT2D eigenvalue weighted by molar-refractivity contribution is 0.143. The van der Waals surface area contributed by atoms with Crippen molar-refractivity contribution in [3.05, 3.63) is 77.1 Å². The lowest BCUT2D eigenvalue weighted by Gasteiger charge is -2.24. The molecule has 3 aromatic rings. The van der Waals surface area contributed by atoms with Crippen molar-refractivity contribution >= 4 is 21.9 Å². The van der Waals surface area contributed by atoms with E-state index in [1.807, 2.05) is 18.2 Å². The number of aliphatic hydroxyl groups excluding tert-OH is 1. The molecular weight excluding hydrogens is 291 g/mol. The number of hydrogen-bond donors (Lipinski definition) is 1. The molecule has 0 spiro atoms. The Balaban J connectivity index is 1.91. The van der Waals surface area contributed by atoms with E-state index in [0.29, 0.717) is 0 Å². The number of rotatable bonds is 1. The standard InChI is InChI=1S/C20H13FO2/c21-13-7-4-12(5-8-13)17-14-3-1-2-11-6-9-16-20(18(11)14)19(17)15(22)10-23-16/h1-9,15,22H,10H2. The van der Waals surface area contributed by atoms with Gasteiger partial charge in [-0.2, -0.15) is 0 Å². The lowest BCUT2D eigenvalue weighted by atomic mass is 9.93. The Labute approximate surface area is 132 Å². The molecule has 0 amide bonds. The van der Waals surface area contributed by atoms with Crippen molar-refractivity contribution in [2.24, 2.45) is 0 Å². The summed E-state index contributed by atoms with van der Waals surface area (Å²) < 4.78 is 19.0. The van der Waals surface area contributed by atoms with Gasteiger partial charge in [0.25, 0.3) is 0 Å². The third-order valence-electron chi connectivity index (χ3n) is 4.68. The van der Waals surface area contributed by atoms with Crippen LogP contribution in [-0.2, 0) is 0 Å². The van der Waals surface area contributed by atoms with Gasteiger partial charge in [-0.1, -0.05) is 36.4 Å². The summed E-state index contributed by atoms with van der Waals surface area (Å²) in [5.41, 5.74) is 4.84. The summed E-state index contributed by atoms with van der Waals surface area (Å²) in [7, 11) is 0. The summed E-state index contributed by atoms with van der Waals surface area (Å²) in [6, 6.07) is 16.6. The highest BCUT2D eigenvalue weighted by Crippen LogP contribution is 2.51. The van der Waals surface area contributed by atoms with E-state index < -0.39 is 6.10 Å². The molecule has 1 N–H and O–H groups in total. The number of halogens is 1. The minimum atomic E-state index is -0.680. The Hall–Kier alpha value is -2.65. The number of hydrogen-bond acceptors (Lipinski definition) is 2. The zero-order valence-electron chi connectivity index (χ0n) is 12.2. The normalized spacial score (nSPS) is 18.4. The van der Waals surface area contributed by atoms with E-state index in [9.17, 15) is 9.50 Å². The minimum absolute atomic E-state index is 0.243. The van der Waals surface area contributed by atoms with E-state index in [4.69, 9.17) is 4.74 Å². The highest BCUT2D eigenvalue weighted by Gasteiger charge is 2.35. The molecule has 1 atom stereocenters. The van der Waals surface area contributed by atoms with Crippen LogP contribution in [0.1, 0.15) is 16.7 Å². The molecule has 23 heavy (non-hydrogen) atoms. The second kappa shape index (κ2) is 4.43. The van der Waals surface area contributed by atoms with Crippen LogP contribution in [0.5, 0.6) is 5.75 Å². The van der Waals surface area contributed by atoms with Crippen LogP contribution in [0.25, 0.3) is 21.9 Å². The summed E-state index contributed by atoms with van der Waals surface area (Å²) in [5.74, 6) is 0.545. The maximum absolute atomic E-state index is 13.3. The third kappa shape index (κ3) is 1.65. The Morgan fingerprint density at radius 3 is 2.65 bits per heavy atom. The summed E-state index contributed by atoms with van der Waals surface area (Å²) >= 11 is 0. The zero-order valence-corrected chi connectivity index (χ0v) is 12.2. The topological polar surface area (TPSA) is 29.5 Å². The van der Waals surface area contributed by atoms with Gasteiger partial charge in [0.2, 0.25) is 0 Å². The summed E-state index contributed by atoms with van der Waals surface area (Å²) in [5, 5.41) is 12.8. The number of ether oxygens (including phenoxy) is 1. The Morgan fingerprint density at radius 1 is 1.00 bits per heavy atom. The predicted molar refractivity (Wildman–Crippen MR) is 87.8 cm³/mol. The van der Waals surface area contributed by atoms with E-state index in [0.717, 1.165) is 44.4 Å². The molecule has 1 unspecified atom stereocenters. The molecular formula is C20H13FO2. The third-order valence-corrected chi connectivity index (χ3v) is 4.68. The van der Waals surface area contributed by atoms with Gasteiger partial charge < -0.3 is 9.84 Å². The fraction of sp³-hybridized carbons (Fsp3) is 0.100. The average Bonchev–Trinajstić information content (AvgIpc) is 2.93. The zero-order chi connectivity index (χ0) is 15.6. The van der Waals surface area contributed by atoms with Crippen LogP contribution in [0, 0.1) is 5.82 Å². The van der Waals surface area contributed by atoms with Crippen molar-refractivity contribution in [2.75, 3.05) is 6.61 Å². The molecule has 0 radical (unpaired) electrons. The lowest BCUT2D eigenvalue weighted by Crippen LogP contribution is -2.24. The van der Waals surface area contributed by atoms with Gasteiger partial charge in [-0.25, -0.2) is 4.39 Å². The first kappa shape index (κ1) is 12.9. The van der Waals surface area contributed by atoms with E-state index in [1.165, 1.54) is 12.1 Å². The molecule has 0 aromatic heterocycles. The highest BCUT2D eigenvalue weighted by atomic mass is 19.1. The molecule has 0 saturated carbocycles. The molecule has 1 aliphatic heterocycles. The molecule has 112 valence electrons. The van der Waals surface area contributed by atoms with Crippen molar-refractivity contribution in [1.29, 1.82) is 0 Å². The van der Waals surface area contributed by atoms with Gasteiger partial charge in [0, 0.05) is 16.5 Å². The molecule has 5 rings (SSSR count). The van der Waals surface area contributed by atoms with Crippen LogP contribution in [0.4, 0.5) is 4.39 Å². The van der Waals surface area contributed by atoms with E-state index in [1.54, 1.807) is 12.1 Å². The van der Waals surface area contributed by atoms with Gasteiger partial charge in [-0.05, 0) is 40.3 Å². The maximum Gasteiger partial charge on any atom is 0.127 e. The molecule has 1 aliphatic carbocycles. The average molecular weight is 304 g/mol. The van der Waals surface area contributed by atoms with Gasteiger partial charge in [-0.3, -0.25) is 0 Å². The van der Waals surface area contributed by atoms with Crippen LogP contribution in [0.2, 0.25) is 0 Å². The van der Waals surface area contributed by atoms with Crippen LogP contribution < -0.4 is 4.74 Å². The van der Waals surface area contributed by atoms with Crippen molar-refractivity contribution in [1.82, 2.24) is 0 Å². The summed E-state index contributed by atoms with van der Waals surface area (Å²) in [6.45, 7) is 0.243. The SMILES string of the molecule is OC1COc2ccc3cccc4c3c2C1=C4c1ccc(F)cc1. The minimum Gasteiger partial charge on any atom is -0.490 e. The Bertz CT molecular complexity index is 986. The molecule has 0 saturated heterocycles. The first-order valence-corrected chi connectivity index (χ1v) is 7.61. The van der Waals surface area contributed by atoms with Gasteiger partial charge in [0.15, 0.2) is 0 Å². The van der Waals surface area contributed by atoms with Gasteiger partial charge in [-0.15, -0.1) is 0 Å². The second-order valence-electron chi connectivity index (χ2n) is 5.96. The first-order chi connectivity index (χ1) is 11.2. The molecule has 0 fully saturated rings. The first-order valence-electron chi connectivity index (χ1n) is 7.61. The van der Waals surface area contributed by atoms with Crippen molar-refractivity contribution in [2.45, 2.75) is 6.10 Å². The Kier molecular flexibility index (Phi) is 2.48. The molecule has 1 heterocycles. The summed E-state index contributed by atoms with van der Waals surface area (Å²) in [4.78, 5) is 0. The van der Waals surface area contributed by atoms with Crippen LogP contribution in [-0.4, -0.2) is 17.8 Å². The molecule has 3 heteroatoms. The molecule has 2 aliphatic rings. The fourth-order valence-electron chi connectivity index (χ4n) is 3.74. The van der Waals surface area contributed by atoms with Gasteiger partial charge >= 0.3 is 0 Å². The number of benzene rings is 3. The van der Waals surface area contributed by atoms with Crippen LogP contribution in [0.3, 0.4) is 0 Å². The highest BCUT2D eigenvalue weighted by molar-refractivity contribution is 6.19. The van der Waals surface area contributed by atoms with Crippen molar-refractivity contribution in [3.8, 4) is 5.75 Å². The van der Waals surface area contributed by atoms with Gasteiger partial charge in [0.05, 0.1) is 0 Å². The van der Waals surface area contributed by atoms with Crippen LogP contribution >= 0.6 is 0 Å². The van der Waals surface area contributed by atoms with E-state index >= 15 is 0 Å².